The van der Waals surface area contributed by atoms with Crippen molar-refractivity contribution in [3.8, 4) is 17.4 Å². The Hall–Kier alpha value is -1.51. The first kappa shape index (κ1) is 14.9. The standard InChI is InChI=1S/C13H15IN4O2/c1-13(2,3)10-9(14)12(19)16-11(15-10)7-5-6-8(20-4)18-17-7/h5-6H,1-4H3,(H,15,16,19). The van der Waals surface area contributed by atoms with Crippen LogP contribution in [0.1, 0.15) is 26.5 Å². The number of H-pyrrole nitrogens is 1. The first-order valence-electron chi connectivity index (χ1n) is 6.01. The van der Waals surface area contributed by atoms with Crippen LogP contribution in [0.4, 0.5) is 0 Å². The molecule has 6 nitrogen and oxygen atoms in total. The lowest BCUT2D eigenvalue weighted by Crippen LogP contribution is -2.24. The van der Waals surface area contributed by atoms with Gasteiger partial charge in [0.05, 0.1) is 12.8 Å². The molecular weight excluding hydrogens is 371 g/mol. The summed E-state index contributed by atoms with van der Waals surface area (Å²) in [6.45, 7) is 6.04. The van der Waals surface area contributed by atoms with Crippen molar-refractivity contribution in [3.63, 3.8) is 0 Å². The highest BCUT2D eigenvalue weighted by atomic mass is 127. The second-order valence-electron chi connectivity index (χ2n) is 5.29. The van der Waals surface area contributed by atoms with Gasteiger partial charge in [-0.25, -0.2) is 4.98 Å². The molecule has 0 fully saturated rings. The lowest BCUT2D eigenvalue weighted by molar-refractivity contribution is 0.392. The smallest absolute Gasteiger partial charge is 0.264 e. The third-order valence-electron chi connectivity index (χ3n) is 2.67. The van der Waals surface area contributed by atoms with Gasteiger partial charge in [-0.1, -0.05) is 20.8 Å². The number of nitrogens with zero attached hydrogens (tertiary/aromatic N) is 3. The number of aromatic nitrogens is 4. The summed E-state index contributed by atoms with van der Waals surface area (Å²) in [5, 5.41) is 7.88. The molecule has 2 aromatic rings. The van der Waals surface area contributed by atoms with Gasteiger partial charge in [0.15, 0.2) is 5.82 Å². The van der Waals surface area contributed by atoms with Crippen molar-refractivity contribution in [1.29, 1.82) is 0 Å². The SMILES string of the molecule is COc1ccc(-c2nc(C(C)(C)C)c(I)c(=O)[nH]2)nn1. The van der Waals surface area contributed by atoms with Crippen molar-refractivity contribution >= 4 is 22.6 Å². The summed E-state index contributed by atoms with van der Waals surface area (Å²) in [5.41, 5.74) is 0.858. The summed E-state index contributed by atoms with van der Waals surface area (Å²) in [7, 11) is 1.52. The molecule has 0 amide bonds. The van der Waals surface area contributed by atoms with Gasteiger partial charge in [-0.2, -0.15) is 0 Å². The van der Waals surface area contributed by atoms with Gasteiger partial charge in [-0.15, -0.1) is 10.2 Å². The second kappa shape index (κ2) is 5.47. The van der Waals surface area contributed by atoms with E-state index in [0.717, 1.165) is 5.69 Å². The van der Waals surface area contributed by atoms with Crippen LogP contribution in [0.2, 0.25) is 0 Å². The lowest BCUT2D eigenvalue weighted by atomic mass is 9.92. The Bertz CT molecular complexity index is 674. The molecule has 7 heteroatoms. The van der Waals surface area contributed by atoms with Crippen LogP contribution in [0, 0.1) is 3.57 Å². The molecule has 0 spiro atoms. The maximum absolute atomic E-state index is 12.0. The van der Waals surface area contributed by atoms with Crippen LogP contribution in [0.15, 0.2) is 16.9 Å². The molecule has 2 heterocycles. The monoisotopic (exact) mass is 386 g/mol. The van der Waals surface area contributed by atoms with E-state index >= 15 is 0 Å². The van der Waals surface area contributed by atoms with Crippen molar-refractivity contribution in [3.05, 3.63) is 31.8 Å². The molecule has 20 heavy (non-hydrogen) atoms. The second-order valence-corrected chi connectivity index (χ2v) is 6.37. The van der Waals surface area contributed by atoms with Crippen LogP contribution in [0.25, 0.3) is 11.5 Å². The average Bonchev–Trinajstić information content (AvgIpc) is 2.40. The molecule has 1 N–H and O–H groups in total. The fourth-order valence-corrected chi connectivity index (χ4v) is 2.70. The molecule has 2 aromatic heterocycles. The normalized spacial score (nSPS) is 11.4. The van der Waals surface area contributed by atoms with Gasteiger partial charge >= 0.3 is 0 Å². The van der Waals surface area contributed by atoms with Crippen LogP contribution >= 0.6 is 22.6 Å². The molecule has 0 saturated heterocycles. The molecule has 0 aliphatic rings. The Morgan fingerprint density at radius 3 is 2.45 bits per heavy atom. The zero-order valence-electron chi connectivity index (χ0n) is 11.7. The summed E-state index contributed by atoms with van der Waals surface area (Å²) in [4.78, 5) is 19.3. The van der Waals surface area contributed by atoms with E-state index in [1.807, 2.05) is 43.4 Å². The van der Waals surface area contributed by atoms with Crippen LogP contribution in [0.3, 0.4) is 0 Å². The number of ether oxygens (including phenoxy) is 1. The van der Waals surface area contributed by atoms with E-state index in [-0.39, 0.29) is 11.0 Å². The van der Waals surface area contributed by atoms with Crippen molar-refractivity contribution in [2.45, 2.75) is 26.2 Å². The summed E-state index contributed by atoms with van der Waals surface area (Å²) in [5.74, 6) is 0.827. The molecule has 0 aliphatic carbocycles. The molecule has 0 bridgehead atoms. The highest BCUT2D eigenvalue weighted by Gasteiger charge is 2.22. The molecule has 0 unspecified atom stereocenters. The molecule has 106 valence electrons. The summed E-state index contributed by atoms with van der Waals surface area (Å²) in [6.07, 6.45) is 0. The van der Waals surface area contributed by atoms with Crippen molar-refractivity contribution in [2.24, 2.45) is 0 Å². The minimum atomic E-state index is -0.223. The number of halogens is 1. The molecule has 2 rings (SSSR count). The fraction of sp³-hybridized carbons (Fsp3) is 0.385. The Labute approximate surface area is 130 Å². The topological polar surface area (TPSA) is 80.8 Å². The van der Waals surface area contributed by atoms with E-state index in [0.29, 0.717) is 21.0 Å². The van der Waals surface area contributed by atoms with Gasteiger partial charge in [0.2, 0.25) is 5.88 Å². The number of nitrogens with one attached hydrogen (secondary N) is 1. The van der Waals surface area contributed by atoms with Crippen molar-refractivity contribution in [1.82, 2.24) is 20.2 Å². The van der Waals surface area contributed by atoms with E-state index in [1.54, 1.807) is 12.1 Å². The van der Waals surface area contributed by atoms with Gasteiger partial charge in [-0.05, 0) is 28.7 Å². The Kier molecular flexibility index (Phi) is 4.07. The third-order valence-corrected chi connectivity index (χ3v) is 3.67. The van der Waals surface area contributed by atoms with Crippen LogP contribution < -0.4 is 10.3 Å². The van der Waals surface area contributed by atoms with Crippen LogP contribution in [-0.2, 0) is 5.41 Å². The predicted molar refractivity (Wildman–Crippen MR) is 83.9 cm³/mol. The predicted octanol–water partition coefficient (Wildman–Crippen LogP) is 2.14. The third kappa shape index (κ3) is 2.97. The first-order chi connectivity index (χ1) is 9.32. The minimum Gasteiger partial charge on any atom is -0.480 e. The Morgan fingerprint density at radius 2 is 1.95 bits per heavy atom. The lowest BCUT2D eigenvalue weighted by Gasteiger charge is -2.19. The maximum Gasteiger partial charge on any atom is 0.264 e. The molecular formula is C13H15IN4O2. The van der Waals surface area contributed by atoms with Crippen LogP contribution in [0.5, 0.6) is 5.88 Å². The first-order valence-corrected chi connectivity index (χ1v) is 7.09. The maximum atomic E-state index is 12.0. The van der Waals surface area contributed by atoms with Crippen LogP contribution in [-0.4, -0.2) is 27.3 Å². The summed E-state index contributed by atoms with van der Waals surface area (Å²) >= 11 is 2.02. The minimum absolute atomic E-state index is 0.168. The Balaban J connectivity index is 2.57. The summed E-state index contributed by atoms with van der Waals surface area (Å²) in [6, 6.07) is 3.39. The van der Waals surface area contributed by atoms with E-state index in [1.165, 1.54) is 7.11 Å². The molecule has 0 radical (unpaired) electrons. The molecule has 0 atom stereocenters. The number of aromatic amines is 1. The molecule has 0 saturated carbocycles. The quantitative estimate of drug-likeness (QED) is 0.800. The van der Waals surface area contributed by atoms with E-state index in [2.05, 4.69) is 20.2 Å². The number of hydrogen-bond donors (Lipinski definition) is 1. The molecule has 0 aromatic carbocycles. The zero-order chi connectivity index (χ0) is 14.9. The average molecular weight is 386 g/mol. The highest BCUT2D eigenvalue weighted by Crippen LogP contribution is 2.24. The van der Waals surface area contributed by atoms with Gasteiger partial charge in [0, 0.05) is 11.5 Å². The fourth-order valence-electron chi connectivity index (χ4n) is 1.63. The van der Waals surface area contributed by atoms with Gasteiger partial charge in [0.1, 0.15) is 9.26 Å². The van der Waals surface area contributed by atoms with Crippen molar-refractivity contribution in [2.75, 3.05) is 7.11 Å². The number of hydrogen-bond acceptors (Lipinski definition) is 5. The molecule has 0 aliphatic heterocycles. The van der Waals surface area contributed by atoms with E-state index in [4.69, 9.17) is 4.74 Å². The summed E-state index contributed by atoms with van der Waals surface area (Å²) < 4.78 is 5.56. The number of rotatable bonds is 2. The van der Waals surface area contributed by atoms with Gasteiger partial charge < -0.3 is 9.72 Å². The van der Waals surface area contributed by atoms with E-state index in [9.17, 15) is 4.79 Å². The highest BCUT2D eigenvalue weighted by molar-refractivity contribution is 14.1. The van der Waals surface area contributed by atoms with Gasteiger partial charge in [0.25, 0.3) is 5.56 Å². The van der Waals surface area contributed by atoms with Gasteiger partial charge in [-0.3, -0.25) is 4.79 Å². The zero-order valence-corrected chi connectivity index (χ0v) is 13.8. The largest absolute Gasteiger partial charge is 0.480 e. The Morgan fingerprint density at radius 1 is 1.25 bits per heavy atom. The van der Waals surface area contributed by atoms with E-state index < -0.39 is 0 Å². The number of methoxy groups -OCH3 is 1. The van der Waals surface area contributed by atoms with Crippen molar-refractivity contribution < 1.29 is 4.74 Å².